The van der Waals surface area contributed by atoms with E-state index >= 15 is 0 Å². The van der Waals surface area contributed by atoms with Crippen LogP contribution in [0.1, 0.15) is 48.7 Å². The molecular weight excluding hydrogens is 406 g/mol. The summed E-state index contributed by atoms with van der Waals surface area (Å²) < 4.78 is 0.810. The normalized spacial score (nSPS) is 19.8. The fourth-order valence-electron chi connectivity index (χ4n) is 4.00. The Hall–Kier alpha value is -1.92. The summed E-state index contributed by atoms with van der Waals surface area (Å²) in [6, 6.07) is 7.18. The number of aryl methyl sites for hydroxylation is 2. The van der Waals surface area contributed by atoms with Gasteiger partial charge in [-0.05, 0) is 75.6 Å². The first-order valence-corrected chi connectivity index (χ1v) is 11.3. The lowest BCUT2D eigenvalue weighted by Crippen LogP contribution is -2.41. The number of pyridine rings is 1. The van der Waals surface area contributed by atoms with Crippen LogP contribution in [0.2, 0.25) is 4.34 Å². The number of aromatic nitrogens is 1. The summed E-state index contributed by atoms with van der Waals surface area (Å²) in [5.41, 5.74) is 7.53. The quantitative estimate of drug-likeness (QED) is 0.647. The Morgan fingerprint density at radius 1 is 1.31 bits per heavy atom. The molecule has 0 spiro atoms. The third-order valence-corrected chi connectivity index (χ3v) is 6.98. The molecular formula is C22H28ClN3O2S. The summed E-state index contributed by atoms with van der Waals surface area (Å²) in [5.74, 6) is 1.03. The molecule has 3 rings (SSSR count). The molecule has 2 heterocycles. The SMILES string of the molecule is Cc1nc(N)ccc1CCC(=O)[C@H](C)NC(=O)[C@@H]1CC[C@@H](Cc2ccc(Cl)s2)C1. The van der Waals surface area contributed by atoms with Gasteiger partial charge in [0, 0.05) is 22.9 Å². The highest BCUT2D eigenvalue weighted by atomic mass is 35.5. The third kappa shape index (κ3) is 6.03. The van der Waals surface area contributed by atoms with Gasteiger partial charge in [-0.15, -0.1) is 11.3 Å². The number of amides is 1. The molecule has 0 aromatic carbocycles. The van der Waals surface area contributed by atoms with Crippen LogP contribution in [0, 0.1) is 18.8 Å². The van der Waals surface area contributed by atoms with Crippen molar-refractivity contribution in [2.45, 2.75) is 58.4 Å². The van der Waals surface area contributed by atoms with Gasteiger partial charge in [0.1, 0.15) is 5.82 Å². The average Bonchev–Trinajstić information content (AvgIpc) is 3.30. The van der Waals surface area contributed by atoms with E-state index in [1.165, 1.54) is 4.88 Å². The zero-order valence-electron chi connectivity index (χ0n) is 16.9. The molecule has 1 aliphatic carbocycles. The molecule has 7 heteroatoms. The molecule has 0 aliphatic heterocycles. The van der Waals surface area contributed by atoms with Gasteiger partial charge in [-0.3, -0.25) is 9.59 Å². The monoisotopic (exact) mass is 433 g/mol. The molecule has 0 radical (unpaired) electrons. The number of carbonyl (C=O) groups is 2. The molecule has 3 atom stereocenters. The van der Waals surface area contributed by atoms with Crippen LogP contribution in [-0.4, -0.2) is 22.7 Å². The second-order valence-corrected chi connectivity index (χ2v) is 9.76. The minimum Gasteiger partial charge on any atom is -0.384 e. The van der Waals surface area contributed by atoms with Crippen LogP contribution < -0.4 is 11.1 Å². The molecule has 2 aromatic heterocycles. The van der Waals surface area contributed by atoms with Crippen LogP contribution in [-0.2, 0) is 22.4 Å². The van der Waals surface area contributed by atoms with E-state index in [4.69, 9.17) is 17.3 Å². The zero-order chi connectivity index (χ0) is 21.0. The highest BCUT2D eigenvalue weighted by Crippen LogP contribution is 2.35. The third-order valence-electron chi connectivity index (χ3n) is 5.73. The van der Waals surface area contributed by atoms with Crippen LogP contribution in [0.5, 0.6) is 0 Å². The second kappa shape index (κ2) is 9.72. The number of hydrogen-bond donors (Lipinski definition) is 2. The second-order valence-electron chi connectivity index (χ2n) is 7.96. The number of anilines is 1. The molecule has 0 saturated heterocycles. The van der Waals surface area contributed by atoms with Gasteiger partial charge in [0.25, 0.3) is 0 Å². The molecule has 156 valence electrons. The topological polar surface area (TPSA) is 85.1 Å². The van der Waals surface area contributed by atoms with Gasteiger partial charge in [-0.1, -0.05) is 17.7 Å². The van der Waals surface area contributed by atoms with Crippen molar-refractivity contribution in [1.29, 1.82) is 0 Å². The van der Waals surface area contributed by atoms with Crippen molar-refractivity contribution in [2.75, 3.05) is 5.73 Å². The Labute approximate surface area is 181 Å². The molecule has 2 aromatic rings. The fourth-order valence-corrected chi connectivity index (χ4v) is 5.21. The molecule has 0 bridgehead atoms. The Morgan fingerprint density at radius 3 is 2.79 bits per heavy atom. The maximum Gasteiger partial charge on any atom is 0.223 e. The predicted octanol–water partition coefficient (Wildman–Crippen LogP) is 4.35. The van der Waals surface area contributed by atoms with Gasteiger partial charge in [-0.25, -0.2) is 4.98 Å². The number of hydrogen-bond acceptors (Lipinski definition) is 5. The van der Waals surface area contributed by atoms with Gasteiger partial charge in [0.15, 0.2) is 5.78 Å². The summed E-state index contributed by atoms with van der Waals surface area (Å²) in [7, 11) is 0. The summed E-state index contributed by atoms with van der Waals surface area (Å²) in [4.78, 5) is 30.6. The standard InChI is InChI=1S/C22H28ClN3O2S/c1-13-16(6-10-21(24)25-13)5-8-19(27)14(2)26-22(28)17-4-3-15(11-17)12-18-7-9-20(23)29-18/h6-7,9-10,14-15,17H,3-5,8,11-12H2,1-2H3,(H2,24,25)(H,26,28)/t14-,15+,17+/m0/s1. The number of nitrogens with zero attached hydrogens (tertiary/aromatic N) is 1. The van der Waals surface area contributed by atoms with E-state index in [0.29, 0.717) is 24.6 Å². The minimum atomic E-state index is -0.473. The maximum absolute atomic E-state index is 12.6. The first-order valence-electron chi connectivity index (χ1n) is 10.1. The van der Waals surface area contributed by atoms with E-state index in [0.717, 1.165) is 41.3 Å². The number of thiophene rings is 1. The van der Waals surface area contributed by atoms with E-state index in [1.54, 1.807) is 24.3 Å². The maximum atomic E-state index is 12.6. The van der Waals surface area contributed by atoms with Crippen molar-refractivity contribution in [3.8, 4) is 0 Å². The van der Waals surface area contributed by atoms with Gasteiger partial charge >= 0.3 is 0 Å². The van der Waals surface area contributed by atoms with Crippen molar-refractivity contribution >= 4 is 40.4 Å². The smallest absolute Gasteiger partial charge is 0.223 e. The fraction of sp³-hybridized carbons (Fsp3) is 0.500. The molecule has 1 saturated carbocycles. The summed E-state index contributed by atoms with van der Waals surface area (Å²) in [6.45, 7) is 3.66. The van der Waals surface area contributed by atoms with Crippen molar-refractivity contribution < 1.29 is 9.59 Å². The first kappa shape index (κ1) is 21.8. The molecule has 5 nitrogen and oxygen atoms in total. The number of rotatable bonds is 8. The highest BCUT2D eigenvalue weighted by molar-refractivity contribution is 7.16. The van der Waals surface area contributed by atoms with Crippen molar-refractivity contribution in [2.24, 2.45) is 11.8 Å². The molecule has 1 aliphatic rings. The van der Waals surface area contributed by atoms with Crippen LogP contribution in [0.4, 0.5) is 5.82 Å². The molecule has 3 N–H and O–H groups in total. The van der Waals surface area contributed by atoms with Crippen LogP contribution in [0.15, 0.2) is 24.3 Å². The number of nitrogens with one attached hydrogen (secondary N) is 1. The van der Waals surface area contributed by atoms with E-state index in [1.807, 2.05) is 19.1 Å². The van der Waals surface area contributed by atoms with E-state index in [2.05, 4.69) is 16.4 Å². The molecule has 0 unspecified atom stereocenters. The van der Waals surface area contributed by atoms with E-state index in [9.17, 15) is 9.59 Å². The lowest BCUT2D eigenvalue weighted by molar-refractivity contribution is -0.129. The summed E-state index contributed by atoms with van der Waals surface area (Å²) in [5, 5.41) is 2.93. The summed E-state index contributed by atoms with van der Waals surface area (Å²) in [6.07, 6.45) is 4.75. The van der Waals surface area contributed by atoms with Gasteiger partial charge < -0.3 is 11.1 Å². The first-order chi connectivity index (χ1) is 13.8. The predicted molar refractivity (Wildman–Crippen MR) is 118 cm³/mol. The van der Waals surface area contributed by atoms with Crippen molar-refractivity contribution in [3.05, 3.63) is 44.7 Å². The number of nitrogens with two attached hydrogens (primary N) is 1. The van der Waals surface area contributed by atoms with Crippen molar-refractivity contribution in [1.82, 2.24) is 10.3 Å². The van der Waals surface area contributed by atoms with E-state index < -0.39 is 6.04 Å². The number of halogens is 1. The van der Waals surface area contributed by atoms with Gasteiger partial charge in [0.05, 0.1) is 10.4 Å². The minimum absolute atomic E-state index is 0.00268. The Kier molecular flexibility index (Phi) is 7.30. The average molecular weight is 434 g/mol. The molecule has 1 fully saturated rings. The van der Waals surface area contributed by atoms with Crippen molar-refractivity contribution in [3.63, 3.8) is 0 Å². The molecule has 1 amide bonds. The lowest BCUT2D eigenvalue weighted by Gasteiger charge is -2.17. The Balaban J connectivity index is 1.44. The highest BCUT2D eigenvalue weighted by Gasteiger charge is 2.31. The Morgan fingerprint density at radius 2 is 2.10 bits per heavy atom. The zero-order valence-corrected chi connectivity index (χ0v) is 18.5. The largest absolute Gasteiger partial charge is 0.384 e. The van der Waals surface area contributed by atoms with Gasteiger partial charge in [0.2, 0.25) is 5.91 Å². The van der Waals surface area contributed by atoms with E-state index in [-0.39, 0.29) is 17.6 Å². The number of ketones is 1. The summed E-state index contributed by atoms with van der Waals surface area (Å²) >= 11 is 7.62. The van der Waals surface area contributed by atoms with Gasteiger partial charge in [-0.2, -0.15) is 0 Å². The Bertz CT molecular complexity index is 883. The number of Topliss-reactive ketones (excluding diaryl/α,β-unsaturated/α-hetero) is 1. The van der Waals surface area contributed by atoms with Crippen LogP contribution >= 0.6 is 22.9 Å². The number of carbonyl (C=O) groups excluding carboxylic acids is 2. The van der Waals surface area contributed by atoms with Crippen LogP contribution in [0.25, 0.3) is 0 Å². The van der Waals surface area contributed by atoms with Crippen LogP contribution in [0.3, 0.4) is 0 Å². The molecule has 29 heavy (non-hydrogen) atoms. The number of nitrogen functional groups attached to an aromatic ring is 1. The lowest BCUT2D eigenvalue weighted by atomic mass is 9.99.